The molecular weight excluding hydrogens is 452 g/mol. The van der Waals surface area contributed by atoms with Gasteiger partial charge in [-0.15, -0.1) is 10.2 Å². The Bertz CT molecular complexity index is 1390. The van der Waals surface area contributed by atoms with E-state index in [-0.39, 0.29) is 12.4 Å². The summed E-state index contributed by atoms with van der Waals surface area (Å²) in [5.41, 5.74) is 2.66. The van der Waals surface area contributed by atoms with Crippen molar-refractivity contribution in [3.05, 3.63) is 64.2 Å². The minimum absolute atomic E-state index is 0.130. The van der Waals surface area contributed by atoms with Crippen LogP contribution in [0.5, 0.6) is 11.5 Å². The third-order valence-electron chi connectivity index (χ3n) is 4.46. The Morgan fingerprint density at radius 3 is 2.94 bits per heavy atom. The van der Waals surface area contributed by atoms with Gasteiger partial charge in [0.25, 0.3) is 5.56 Å². The maximum atomic E-state index is 12.3. The molecule has 0 saturated carbocycles. The number of thioether (sulfide) groups is 1. The van der Waals surface area contributed by atoms with E-state index in [4.69, 9.17) is 9.47 Å². The van der Waals surface area contributed by atoms with Gasteiger partial charge in [0.1, 0.15) is 5.65 Å². The molecular formula is C20H16N6O4S2. The molecule has 4 heterocycles. The van der Waals surface area contributed by atoms with Gasteiger partial charge in [0.15, 0.2) is 15.8 Å². The van der Waals surface area contributed by atoms with E-state index in [0.29, 0.717) is 43.8 Å². The second-order valence-electron chi connectivity index (χ2n) is 6.83. The highest BCUT2D eigenvalue weighted by atomic mass is 32.2. The zero-order valence-corrected chi connectivity index (χ0v) is 18.3. The monoisotopic (exact) mass is 468 g/mol. The molecule has 0 bridgehead atoms. The molecule has 4 aromatic rings. The molecule has 162 valence electrons. The van der Waals surface area contributed by atoms with Crippen molar-refractivity contribution in [3.63, 3.8) is 0 Å². The first-order chi connectivity index (χ1) is 15.5. The van der Waals surface area contributed by atoms with Crippen molar-refractivity contribution in [1.82, 2.24) is 19.6 Å². The molecule has 0 saturated heterocycles. The minimum atomic E-state index is -0.448. The number of benzene rings is 1. The zero-order chi connectivity index (χ0) is 22.1. The van der Waals surface area contributed by atoms with Crippen LogP contribution in [-0.2, 0) is 5.75 Å². The average Bonchev–Trinajstić information content (AvgIpc) is 3.41. The number of aryl methyl sites for hydroxylation is 1. The molecule has 2 amide bonds. The van der Waals surface area contributed by atoms with E-state index in [0.717, 1.165) is 5.56 Å². The van der Waals surface area contributed by atoms with Gasteiger partial charge in [0.05, 0.1) is 5.69 Å². The summed E-state index contributed by atoms with van der Waals surface area (Å²) in [6.07, 6.45) is 1.76. The number of fused-ring (bicyclic) bond motifs is 2. The fourth-order valence-electron chi connectivity index (χ4n) is 3.02. The van der Waals surface area contributed by atoms with E-state index >= 15 is 0 Å². The number of aromatic nitrogens is 4. The summed E-state index contributed by atoms with van der Waals surface area (Å²) in [6.45, 7) is 2.09. The first-order valence-corrected chi connectivity index (χ1v) is 11.3. The van der Waals surface area contributed by atoms with Crippen LogP contribution in [0.2, 0.25) is 0 Å². The Hall–Kier alpha value is -3.64. The number of rotatable bonds is 5. The number of pyridine rings is 1. The fraction of sp³-hybridized carbons (Fsp3) is 0.150. The Kier molecular flexibility index (Phi) is 5.37. The van der Waals surface area contributed by atoms with Crippen LogP contribution in [0.4, 0.5) is 15.6 Å². The van der Waals surface area contributed by atoms with Gasteiger partial charge in [-0.25, -0.2) is 9.78 Å². The molecule has 0 aliphatic carbocycles. The molecule has 1 aliphatic rings. The highest BCUT2D eigenvalue weighted by Crippen LogP contribution is 2.34. The lowest BCUT2D eigenvalue weighted by Crippen LogP contribution is -2.19. The lowest BCUT2D eigenvalue weighted by Gasteiger charge is -2.05. The van der Waals surface area contributed by atoms with Crippen molar-refractivity contribution >= 4 is 45.6 Å². The van der Waals surface area contributed by atoms with Gasteiger partial charge in [-0.1, -0.05) is 29.2 Å². The molecule has 1 aromatic carbocycles. The number of amides is 2. The predicted octanol–water partition coefficient (Wildman–Crippen LogP) is 3.52. The molecule has 3 aromatic heterocycles. The van der Waals surface area contributed by atoms with Crippen molar-refractivity contribution < 1.29 is 14.3 Å². The Morgan fingerprint density at radius 1 is 1.16 bits per heavy atom. The van der Waals surface area contributed by atoms with Crippen LogP contribution in [0.3, 0.4) is 0 Å². The topological polar surface area (TPSA) is 120 Å². The molecule has 0 spiro atoms. The number of nitrogens with zero attached hydrogens (tertiary/aromatic N) is 4. The van der Waals surface area contributed by atoms with Crippen LogP contribution in [-0.4, -0.2) is 32.4 Å². The van der Waals surface area contributed by atoms with Gasteiger partial charge in [0, 0.05) is 29.8 Å². The molecule has 0 fully saturated rings. The molecule has 32 heavy (non-hydrogen) atoms. The second kappa shape index (κ2) is 8.48. The van der Waals surface area contributed by atoms with E-state index in [1.54, 1.807) is 24.4 Å². The third-order valence-corrected chi connectivity index (χ3v) is 6.47. The quantitative estimate of drug-likeness (QED) is 0.337. The Labute approximate surface area is 189 Å². The molecule has 0 atom stereocenters. The number of anilines is 2. The smallest absolute Gasteiger partial charge is 0.325 e. The van der Waals surface area contributed by atoms with Crippen molar-refractivity contribution in [2.24, 2.45) is 0 Å². The molecule has 0 radical (unpaired) electrons. The third kappa shape index (κ3) is 4.36. The van der Waals surface area contributed by atoms with Crippen LogP contribution in [0.15, 0.2) is 51.7 Å². The van der Waals surface area contributed by atoms with E-state index < -0.39 is 6.03 Å². The SMILES string of the molecule is Cc1ccc2nc(CSc3nnc(NC(=O)Nc4ccc5c(c4)OCO5)s3)cc(=O)n2c1. The summed E-state index contributed by atoms with van der Waals surface area (Å²) in [7, 11) is 0. The first-order valence-electron chi connectivity index (χ1n) is 9.46. The number of urea groups is 1. The van der Waals surface area contributed by atoms with E-state index in [1.807, 2.05) is 19.1 Å². The maximum Gasteiger partial charge on any atom is 0.325 e. The largest absolute Gasteiger partial charge is 0.454 e. The Balaban J connectivity index is 1.20. The predicted molar refractivity (Wildman–Crippen MR) is 121 cm³/mol. The highest BCUT2D eigenvalue weighted by molar-refractivity contribution is 8.00. The van der Waals surface area contributed by atoms with Crippen molar-refractivity contribution in [3.8, 4) is 11.5 Å². The first kappa shape index (κ1) is 20.3. The van der Waals surface area contributed by atoms with E-state index in [2.05, 4.69) is 25.8 Å². The zero-order valence-electron chi connectivity index (χ0n) is 16.7. The van der Waals surface area contributed by atoms with Crippen LogP contribution in [0.25, 0.3) is 5.65 Å². The minimum Gasteiger partial charge on any atom is -0.454 e. The fourth-order valence-corrected chi connectivity index (χ4v) is 4.66. The lowest BCUT2D eigenvalue weighted by molar-refractivity contribution is 0.174. The molecule has 10 nitrogen and oxygen atoms in total. The molecule has 1 aliphatic heterocycles. The van der Waals surface area contributed by atoms with Crippen LogP contribution >= 0.6 is 23.1 Å². The number of ether oxygens (including phenoxy) is 2. The average molecular weight is 469 g/mol. The Morgan fingerprint density at radius 2 is 2.03 bits per heavy atom. The number of hydrogen-bond acceptors (Lipinski definition) is 9. The standard InChI is InChI=1S/C20H16N6O4S2/c1-11-2-5-16-21-13(7-17(27)26(16)8-11)9-31-20-25-24-19(32-20)23-18(28)22-12-3-4-14-15(6-12)30-10-29-14/h2-8H,9-10H2,1H3,(H2,22,23,24,28). The number of nitrogens with one attached hydrogen (secondary N) is 2. The summed E-state index contributed by atoms with van der Waals surface area (Å²) in [4.78, 5) is 29.1. The van der Waals surface area contributed by atoms with Crippen LogP contribution < -0.4 is 25.7 Å². The van der Waals surface area contributed by atoms with Gasteiger partial charge in [-0.05, 0) is 30.7 Å². The van der Waals surface area contributed by atoms with Gasteiger partial charge in [-0.2, -0.15) is 0 Å². The number of carbonyl (C=O) groups excluding carboxylic acids is 1. The summed E-state index contributed by atoms with van der Waals surface area (Å²) < 4.78 is 12.7. The highest BCUT2D eigenvalue weighted by Gasteiger charge is 2.15. The molecule has 0 unspecified atom stereocenters. The molecule has 12 heteroatoms. The van der Waals surface area contributed by atoms with Gasteiger partial charge < -0.3 is 14.8 Å². The number of hydrogen-bond donors (Lipinski definition) is 2. The van der Waals surface area contributed by atoms with E-state index in [9.17, 15) is 9.59 Å². The molecule has 5 rings (SSSR count). The summed E-state index contributed by atoms with van der Waals surface area (Å²) >= 11 is 2.63. The maximum absolute atomic E-state index is 12.3. The second-order valence-corrected chi connectivity index (χ2v) is 9.03. The summed E-state index contributed by atoms with van der Waals surface area (Å²) in [5, 5.41) is 13.8. The van der Waals surface area contributed by atoms with Crippen molar-refractivity contribution in [2.75, 3.05) is 17.4 Å². The van der Waals surface area contributed by atoms with Gasteiger partial charge in [-0.3, -0.25) is 14.5 Å². The van der Waals surface area contributed by atoms with E-state index in [1.165, 1.54) is 33.6 Å². The van der Waals surface area contributed by atoms with Crippen LogP contribution in [0.1, 0.15) is 11.3 Å². The summed E-state index contributed by atoms with van der Waals surface area (Å²) in [5.74, 6) is 1.67. The summed E-state index contributed by atoms with van der Waals surface area (Å²) in [6, 6.07) is 9.92. The van der Waals surface area contributed by atoms with Crippen LogP contribution in [0, 0.1) is 6.92 Å². The lowest BCUT2D eigenvalue weighted by atomic mass is 10.3. The molecule has 2 N–H and O–H groups in total. The van der Waals surface area contributed by atoms with Crippen molar-refractivity contribution in [2.45, 2.75) is 17.0 Å². The van der Waals surface area contributed by atoms with Gasteiger partial charge >= 0.3 is 6.03 Å². The van der Waals surface area contributed by atoms with Crippen molar-refractivity contribution in [1.29, 1.82) is 0 Å². The number of carbonyl (C=O) groups is 1. The van der Waals surface area contributed by atoms with Gasteiger partial charge in [0.2, 0.25) is 11.9 Å². The normalized spacial score (nSPS) is 12.2.